The molecule has 0 saturated carbocycles. The van der Waals surface area contributed by atoms with Gasteiger partial charge in [-0.25, -0.2) is 0 Å². The van der Waals surface area contributed by atoms with Gasteiger partial charge in [-0.05, 0) is 49.6 Å². The first-order valence-corrected chi connectivity index (χ1v) is 8.26. The summed E-state index contributed by atoms with van der Waals surface area (Å²) in [5.41, 5.74) is 1.82. The Morgan fingerprint density at radius 3 is 2.88 bits per heavy atom. The Balaban J connectivity index is 1.57. The van der Waals surface area contributed by atoms with E-state index in [4.69, 9.17) is 16.3 Å². The highest BCUT2D eigenvalue weighted by molar-refractivity contribution is 6.31. The molecule has 1 fully saturated rings. The van der Waals surface area contributed by atoms with Gasteiger partial charge in [-0.2, -0.15) is 0 Å². The number of anilines is 2. The van der Waals surface area contributed by atoms with E-state index >= 15 is 0 Å². The Bertz CT molecular complexity index is 715. The number of hydrogen-bond acceptors (Lipinski definition) is 5. The number of carbonyl (C=O) groups is 1. The van der Waals surface area contributed by atoms with Crippen molar-refractivity contribution in [1.29, 1.82) is 0 Å². The number of benzene rings is 1. The molecule has 2 heterocycles. The summed E-state index contributed by atoms with van der Waals surface area (Å²) in [5, 5.41) is 14.5. The minimum Gasteiger partial charge on any atom is -0.376 e. The second-order valence-electron chi connectivity index (χ2n) is 5.74. The first-order chi connectivity index (χ1) is 11.6. The second-order valence-corrected chi connectivity index (χ2v) is 6.15. The fraction of sp³-hybridized carbons (Fsp3) is 0.353. The van der Waals surface area contributed by atoms with Crippen molar-refractivity contribution in [2.45, 2.75) is 25.9 Å². The Kier molecular flexibility index (Phi) is 5.27. The summed E-state index contributed by atoms with van der Waals surface area (Å²) >= 11 is 6.05. The van der Waals surface area contributed by atoms with Crippen LogP contribution in [0.25, 0.3) is 0 Å². The maximum Gasteiger partial charge on any atom is 0.276 e. The number of hydrogen-bond donors (Lipinski definition) is 2. The minimum atomic E-state index is -0.326. The predicted molar refractivity (Wildman–Crippen MR) is 93.6 cm³/mol. The Hall–Kier alpha value is -2.18. The first-order valence-electron chi connectivity index (χ1n) is 7.88. The zero-order chi connectivity index (χ0) is 16.9. The van der Waals surface area contributed by atoms with E-state index in [-0.39, 0.29) is 17.7 Å². The lowest BCUT2D eigenvalue weighted by Crippen LogP contribution is -2.20. The first kappa shape index (κ1) is 16.7. The van der Waals surface area contributed by atoms with E-state index in [1.165, 1.54) is 0 Å². The van der Waals surface area contributed by atoms with Crippen LogP contribution in [-0.4, -0.2) is 35.4 Å². The molecule has 3 rings (SSSR count). The summed E-state index contributed by atoms with van der Waals surface area (Å²) in [4.78, 5) is 12.2. The number of amides is 1. The van der Waals surface area contributed by atoms with Gasteiger partial charge in [-0.15, -0.1) is 10.2 Å². The van der Waals surface area contributed by atoms with Crippen LogP contribution in [0.2, 0.25) is 5.02 Å². The summed E-state index contributed by atoms with van der Waals surface area (Å²) in [6.45, 7) is 3.42. The van der Waals surface area contributed by atoms with Gasteiger partial charge in [0.1, 0.15) is 5.82 Å². The number of nitrogens with zero attached hydrogens (tertiary/aromatic N) is 2. The van der Waals surface area contributed by atoms with Crippen molar-refractivity contribution in [3.05, 3.63) is 46.6 Å². The molecule has 1 atom stereocenters. The zero-order valence-electron chi connectivity index (χ0n) is 13.4. The van der Waals surface area contributed by atoms with E-state index in [0.717, 1.165) is 25.0 Å². The SMILES string of the molecule is Cc1ccc(NC(=O)c2ccc(NCC3CCCO3)nn2)cc1Cl. The van der Waals surface area contributed by atoms with E-state index in [1.807, 2.05) is 13.0 Å². The van der Waals surface area contributed by atoms with Crippen LogP contribution in [0, 0.1) is 6.92 Å². The van der Waals surface area contributed by atoms with Crippen molar-refractivity contribution >= 4 is 29.0 Å². The molecule has 7 heteroatoms. The molecule has 1 aromatic carbocycles. The smallest absolute Gasteiger partial charge is 0.276 e. The van der Waals surface area contributed by atoms with Gasteiger partial charge in [0.2, 0.25) is 0 Å². The number of carbonyl (C=O) groups excluding carboxylic acids is 1. The quantitative estimate of drug-likeness (QED) is 0.868. The fourth-order valence-corrected chi connectivity index (χ4v) is 2.62. The van der Waals surface area contributed by atoms with Gasteiger partial charge in [0.25, 0.3) is 5.91 Å². The summed E-state index contributed by atoms with van der Waals surface area (Å²) in [7, 11) is 0. The standard InChI is InChI=1S/C17H19ClN4O2/c1-11-4-5-12(9-14(11)18)20-17(23)15-6-7-16(22-21-15)19-10-13-3-2-8-24-13/h4-7,9,13H,2-3,8,10H2,1H3,(H,19,22)(H,20,23). The van der Waals surface area contributed by atoms with E-state index < -0.39 is 0 Å². The molecule has 0 aliphatic carbocycles. The number of halogens is 1. The summed E-state index contributed by atoms with van der Waals surface area (Å²) in [5.74, 6) is 0.300. The van der Waals surface area contributed by atoms with Crippen molar-refractivity contribution in [2.75, 3.05) is 23.8 Å². The lowest BCUT2D eigenvalue weighted by atomic mass is 10.2. The Labute approximate surface area is 145 Å². The van der Waals surface area contributed by atoms with E-state index in [0.29, 0.717) is 23.1 Å². The third-order valence-corrected chi connectivity index (χ3v) is 4.27. The van der Waals surface area contributed by atoms with E-state index in [2.05, 4.69) is 20.8 Å². The van der Waals surface area contributed by atoms with Crippen molar-refractivity contribution in [2.24, 2.45) is 0 Å². The minimum absolute atomic E-state index is 0.223. The van der Waals surface area contributed by atoms with Crippen molar-refractivity contribution in [3.8, 4) is 0 Å². The zero-order valence-corrected chi connectivity index (χ0v) is 14.1. The molecule has 1 saturated heterocycles. The van der Waals surface area contributed by atoms with Crippen molar-refractivity contribution in [3.63, 3.8) is 0 Å². The number of ether oxygens (including phenoxy) is 1. The Morgan fingerprint density at radius 2 is 2.21 bits per heavy atom. The highest BCUT2D eigenvalue weighted by Crippen LogP contribution is 2.20. The maximum absolute atomic E-state index is 12.2. The van der Waals surface area contributed by atoms with Crippen LogP contribution < -0.4 is 10.6 Å². The van der Waals surface area contributed by atoms with E-state index in [9.17, 15) is 4.79 Å². The molecule has 6 nitrogen and oxygen atoms in total. The molecule has 2 N–H and O–H groups in total. The molecule has 1 aliphatic rings. The molecular weight excluding hydrogens is 328 g/mol. The number of rotatable bonds is 5. The normalized spacial score (nSPS) is 16.8. The lowest BCUT2D eigenvalue weighted by Gasteiger charge is -2.11. The molecule has 0 spiro atoms. The summed E-state index contributed by atoms with van der Waals surface area (Å²) < 4.78 is 5.54. The van der Waals surface area contributed by atoms with Crippen molar-refractivity contribution < 1.29 is 9.53 Å². The maximum atomic E-state index is 12.2. The molecule has 0 bridgehead atoms. The molecule has 1 aromatic heterocycles. The third-order valence-electron chi connectivity index (χ3n) is 3.86. The summed E-state index contributed by atoms with van der Waals surface area (Å²) in [6.07, 6.45) is 2.38. The van der Waals surface area contributed by atoms with Gasteiger partial charge in [-0.1, -0.05) is 17.7 Å². The van der Waals surface area contributed by atoms with Crippen LogP contribution in [0.1, 0.15) is 28.9 Å². The summed E-state index contributed by atoms with van der Waals surface area (Å²) in [6, 6.07) is 8.72. The molecule has 1 aliphatic heterocycles. The largest absolute Gasteiger partial charge is 0.376 e. The van der Waals surface area contributed by atoms with Gasteiger partial charge in [0.15, 0.2) is 5.69 Å². The number of aryl methyl sites for hydroxylation is 1. The number of nitrogens with one attached hydrogen (secondary N) is 2. The van der Waals surface area contributed by atoms with E-state index in [1.54, 1.807) is 24.3 Å². The van der Waals surface area contributed by atoms with Crippen LogP contribution in [-0.2, 0) is 4.74 Å². The van der Waals surface area contributed by atoms with Gasteiger partial charge >= 0.3 is 0 Å². The predicted octanol–water partition coefficient (Wildman–Crippen LogP) is 3.28. The molecule has 24 heavy (non-hydrogen) atoms. The van der Waals surface area contributed by atoms with Crippen LogP contribution in [0.4, 0.5) is 11.5 Å². The lowest BCUT2D eigenvalue weighted by molar-refractivity contribution is 0.102. The van der Waals surface area contributed by atoms with Crippen molar-refractivity contribution in [1.82, 2.24) is 10.2 Å². The van der Waals surface area contributed by atoms with Crippen LogP contribution >= 0.6 is 11.6 Å². The third kappa shape index (κ3) is 4.21. The van der Waals surface area contributed by atoms with Gasteiger partial charge < -0.3 is 15.4 Å². The fourth-order valence-electron chi connectivity index (χ4n) is 2.44. The molecular formula is C17H19ClN4O2. The monoisotopic (exact) mass is 346 g/mol. The topological polar surface area (TPSA) is 76.1 Å². The van der Waals surface area contributed by atoms with Gasteiger partial charge in [-0.3, -0.25) is 4.79 Å². The molecule has 1 amide bonds. The second kappa shape index (κ2) is 7.59. The average molecular weight is 347 g/mol. The molecule has 0 radical (unpaired) electrons. The highest BCUT2D eigenvalue weighted by atomic mass is 35.5. The van der Waals surface area contributed by atoms with Gasteiger partial charge in [0.05, 0.1) is 6.10 Å². The highest BCUT2D eigenvalue weighted by Gasteiger charge is 2.15. The Morgan fingerprint density at radius 1 is 1.33 bits per heavy atom. The molecule has 1 unspecified atom stereocenters. The molecule has 2 aromatic rings. The van der Waals surface area contributed by atoms with Crippen LogP contribution in [0.15, 0.2) is 30.3 Å². The van der Waals surface area contributed by atoms with Crippen LogP contribution in [0.5, 0.6) is 0 Å². The average Bonchev–Trinajstić information content (AvgIpc) is 3.10. The van der Waals surface area contributed by atoms with Crippen LogP contribution in [0.3, 0.4) is 0 Å². The van der Waals surface area contributed by atoms with Gasteiger partial charge in [0, 0.05) is 23.9 Å². The number of aromatic nitrogens is 2. The molecule has 126 valence electrons.